The van der Waals surface area contributed by atoms with Crippen molar-refractivity contribution < 1.29 is 22.6 Å². The molecule has 39 heavy (non-hydrogen) atoms. The summed E-state index contributed by atoms with van der Waals surface area (Å²) < 4.78 is 52.6. The van der Waals surface area contributed by atoms with E-state index in [0.29, 0.717) is 29.0 Å². The van der Waals surface area contributed by atoms with Crippen LogP contribution in [0.15, 0.2) is 60.9 Å². The highest BCUT2D eigenvalue weighted by Gasteiger charge is 2.34. The molecule has 10 heteroatoms. The number of halogens is 3. The molecular weight excluding hydrogens is 507 g/mol. The van der Waals surface area contributed by atoms with Gasteiger partial charge in [0, 0.05) is 17.5 Å². The van der Waals surface area contributed by atoms with Crippen molar-refractivity contribution in [1.82, 2.24) is 15.3 Å². The maximum atomic E-state index is 13.7. The van der Waals surface area contributed by atoms with Crippen LogP contribution in [0.3, 0.4) is 0 Å². The number of nitriles is 1. The Kier molecular flexibility index (Phi) is 7.52. The van der Waals surface area contributed by atoms with Crippen molar-refractivity contribution in [3.63, 3.8) is 0 Å². The van der Waals surface area contributed by atoms with Crippen LogP contribution in [0.25, 0.3) is 10.9 Å². The van der Waals surface area contributed by atoms with Crippen LogP contribution in [0.1, 0.15) is 41.1 Å². The van der Waals surface area contributed by atoms with E-state index >= 15 is 0 Å². The number of hydrogen-bond acceptors (Lipinski definition) is 7. The number of fused-ring (bicyclic) bond motifs is 2. The van der Waals surface area contributed by atoms with Crippen molar-refractivity contribution in [1.29, 1.82) is 5.26 Å². The van der Waals surface area contributed by atoms with E-state index in [1.807, 2.05) is 0 Å². The molecule has 4 aromatic rings. The van der Waals surface area contributed by atoms with Crippen molar-refractivity contribution in [2.45, 2.75) is 31.5 Å². The predicted octanol–water partition coefficient (Wildman–Crippen LogP) is 6.32. The summed E-state index contributed by atoms with van der Waals surface area (Å²) in [4.78, 5) is 8.44. The van der Waals surface area contributed by atoms with Crippen LogP contribution in [0.5, 0.6) is 11.5 Å². The highest BCUT2D eigenvalue weighted by molar-refractivity contribution is 5.93. The predicted molar refractivity (Wildman–Crippen MR) is 141 cm³/mol. The van der Waals surface area contributed by atoms with Crippen LogP contribution in [-0.4, -0.2) is 30.2 Å². The first-order valence-corrected chi connectivity index (χ1v) is 12.5. The molecule has 0 fully saturated rings. The number of nitrogens with zero attached hydrogens (tertiary/aromatic N) is 3. The molecule has 1 aliphatic rings. The Hall–Kier alpha value is -4.36. The number of methoxy groups -OCH3 is 1. The van der Waals surface area contributed by atoms with Crippen LogP contribution in [-0.2, 0) is 12.6 Å². The number of alkyl halides is 3. The molecule has 0 radical (unpaired) electrons. The third-order valence-electron chi connectivity index (χ3n) is 6.74. The highest BCUT2D eigenvalue weighted by Crippen LogP contribution is 2.39. The maximum Gasteiger partial charge on any atom is 0.418 e. The van der Waals surface area contributed by atoms with Crippen LogP contribution >= 0.6 is 0 Å². The molecule has 1 aliphatic heterocycles. The number of hydrogen-bond donors (Lipinski definition) is 2. The van der Waals surface area contributed by atoms with E-state index in [-0.39, 0.29) is 23.1 Å². The first-order chi connectivity index (χ1) is 18.9. The molecule has 0 saturated heterocycles. The van der Waals surface area contributed by atoms with Gasteiger partial charge in [-0.2, -0.15) is 18.4 Å². The average Bonchev–Trinajstić information content (AvgIpc) is 2.94. The Bertz CT molecular complexity index is 1530. The zero-order chi connectivity index (χ0) is 27.4. The lowest BCUT2D eigenvalue weighted by Crippen LogP contribution is -2.30. The summed E-state index contributed by atoms with van der Waals surface area (Å²) in [5, 5.41) is 15.8. The summed E-state index contributed by atoms with van der Waals surface area (Å²) in [6, 6.07) is 17.2. The maximum absolute atomic E-state index is 13.7. The van der Waals surface area contributed by atoms with Crippen molar-refractivity contribution >= 4 is 22.4 Å². The molecule has 3 aromatic carbocycles. The van der Waals surface area contributed by atoms with E-state index in [4.69, 9.17) is 14.7 Å². The second-order valence-corrected chi connectivity index (χ2v) is 9.18. The normalized spacial score (nSPS) is 14.9. The number of nitrogens with one attached hydrogen (secondary N) is 2. The van der Waals surface area contributed by atoms with Gasteiger partial charge in [0.05, 0.1) is 42.1 Å². The van der Waals surface area contributed by atoms with E-state index in [2.05, 4.69) is 44.9 Å². The average molecular weight is 534 g/mol. The molecule has 0 bridgehead atoms. The van der Waals surface area contributed by atoms with Crippen molar-refractivity contribution in [2.75, 3.05) is 25.6 Å². The number of rotatable bonds is 8. The molecule has 2 heterocycles. The highest BCUT2D eigenvalue weighted by atomic mass is 19.4. The molecule has 1 unspecified atom stereocenters. The summed E-state index contributed by atoms with van der Waals surface area (Å²) >= 11 is 0. The van der Waals surface area contributed by atoms with Crippen LogP contribution in [0.4, 0.5) is 24.7 Å². The summed E-state index contributed by atoms with van der Waals surface area (Å²) in [6.45, 7) is 1.41. The number of ether oxygens (including phenoxy) is 2. The Balaban J connectivity index is 1.33. The Morgan fingerprint density at radius 3 is 2.74 bits per heavy atom. The Labute approximate surface area is 223 Å². The van der Waals surface area contributed by atoms with Gasteiger partial charge in [-0.05, 0) is 61.2 Å². The lowest BCUT2D eigenvalue weighted by atomic mass is 9.92. The fourth-order valence-electron chi connectivity index (χ4n) is 4.84. The van der Waals surface area contributed by atoms with Gasteiger partial charge in [0.2, 0.25) is 0 Å². The molecule has 5 rings (SSSR count). The molecule has 0 aliphatic carbocycles. The summed E-state index contributed by atoms with van der Waals surface area (Å²) in [7, 11) is 1.50. The van der Waals surface area contributed by atoms with E-state index in [9.17, 15) is 13.2 Å². The minimum absolute atomic E-state index is 0.0904. The lowest BCUT2D eigenvalue weighted by molar-refractivity contribution is -0.136. The van der Waals surface area contributed by atoms with Gasteiger partial charge in [-0.3, -0.25) is 0 Å². The van der Waals surface area contributed by atoms with Gasteiger partial charge in [-0.25, -0.2) is 9.97 Å². The molecular formula is C29H26F3N5O2. The Morgan fingerprint density at radius 2 is 1.95 bits per heavy atom. The molecule has 1 atom stereocenters. The summed E-state index contributed by atoms with van der Waals surface area (Å²) in [5.74, 6) is 1.07. The van der Waals surface area contributed by atoms with Crippen LogP contribution in [0, 0.1) is 11.3 Å². The fraction of sp³-hybridized carbons (Fsp3) is 0.276. The molecule has 0 spiro atoms. The number of anilines is 2. The fourth-order valence-corrected chi connectivity index (χ4v) is 4.84. The molecule has 0 saturated carbocycles. The summed E-state index contributed by atoms with van der Waals surface area (Å²) in [6.07, 6.45) is -0.646. The molecule has 200 valence electrons. The van der Waals surface area contributed by atoms with E-state index in [1.54, 1.807) is 18.2 Å². The Morgan fingerprint density at radius 1 is 1.10 bits per heavy atom. The van der Waals surface area contributed by atoms with Gasteiger partial charge < -0.3 is 20.1 Å². The van der Waals surface area contributed by atoms with Gasteiger partial charge in [-0.1, -0.05) is 24.3 Å². The van der Waals surface area contributed by atoms with Gasteiger partial charge in [0.25, 0.3) is 0 Å². The van der Waals surface area contributed by atoms with Gasteiger partial charge >= 0.3 is 6.18 Å². The molecule has 1 aromatic heterocycles. The van der Waals surface area contributed by atoms with Crippen LogP contribution < -0.4 is 20.1 Å². The van der Waals surface area contributed by atoms with Crippen molar-refractivity contribution in [3.8, 4) is 17.6 Å². The molecule has 2 N–H and O–H groups in total. The molecule has 7 nitrogen and oxygen atoms in total. The van der Waals surface area contributed by atoms with Crippen LogP contribution in [0.2, 0.25) is 0 Å². The number of benzene rings is 3. The molecule has 0 amide bonds. The second-order valence-electron chi connectivity index (χ2n) is 9.18. The lowest BCUT2D eigenvalue weighted by Gasteiger charge is -2.27. The summed E-state index contributed by atoms with van der Waals surface area (Å²) in [5.41, 5.74) is 1.92. The van der Waals surface area contributed by atoms with E-state index in [0.717, 1.165) is 31.9 Å². The largest absolute Gasteiger partial charge is 0.493 e. The zero-order valence-electron chi connectivity index (χ0n) is 21.2. The third-order valence-corrected chi connectivity index (χ3v) is 6.74. The number of aromatic nitrogens is 2. The first kappa shape index (κ1) is 26.3. The van der Waals surface area contributed by atoms with Crippen molar-refractivity contribution in [2.24, 2.45) is 0 Å². The quantitative estimate of drug-likeness (QED) is 0.256. The first-order valence-electron chi connectivity index (χ1n) is 12.5. The van der Waals surface area contributed by atoms with Crippen molar-refractivity contribution in [3.05, 3.63) is 83.2 Å². The van der Waals surface area contributed by atoms with E-state index < -0.39 is 11.7 Å². The van der Waals surface area contributed by atoms with Gasteiger partial charge in [-0.15, -0.1) is 0 Å². The zero-order valence-corrected chi connectivity index (χ0v) is 21.2. The topological polar surface area (TPSA) is 92.1 Å². The minimum atomic E-state index is -4.66. The van der Waals surface area contributed by atoms with Gasteiger partial charge in [0.15, 0.2) is 11.5 Å². The monoisotopic (exact) mass is 533 g/mol. The van der Waals surface area contributed by atoms with E-state index in [1.165, 1.54) is 36.7 Å². The SMILES string of the molecule is COc1cc2c(Nc3ccc(C#N)cc3C(F)(F)F)ncnc2cc1OCCCC1NCCc2ccccc21. The second kappa shape index (κ2) is 11.2. The minimum Gasteiger partial charge on any atom is -0.493 e. The van der Waals surface area contributed by atoms with Gasteiger partial charge in [0.1, 0.15) is 12.1 Å². The standard InChI is InChI=1S/C29H26F3N5O2/c1-38-26-14-21-25(15-27(26)39-12-4-7-23-20-6-3-2-5-19(20)10-11-34-23)35-17-36-28(21)37-24-9-8-18(16-33)13-22(24)29(30,31)32/h2-3,5-6,8-9,13-15,17,23,34H,4,7,10-12H2,1H3,(H,35,36,37). The third kappa shape index (κ3) is 5.73. The smallest absolute Gasteiger partial charge is 0.418 e.